The minimum absolute atomic E-state index is 0.0731. The van der Waals surface area contributed by atoms with Crippen LogP contribution < -0.4 is 10.6 Å². The highest BCUT2D eigenvalue weighted by atomic mass is 16.2. The average Bonchev–Trinajstić information content (AvgIpc) is 2.37. The smallest absolute Gasteiger partial charge is 0.243 e. The van der Waals surface area contributed by atoms with Gasteiger partial charge in [0.05, 0.1) is 6.04 Å². The van der Waals surface area contributed by atoms with Crippen LogP contribution in [-0.4, -0.2) is 47.9 Å². The van der Waals surface area contributed by atoms with Crippen molar-refractivity contribution in [3.8, 4) is 0 Å². The molecule has 0 spiro atoms. The summed E-state index contributed by atoms with van der Waals surface area (Å²) in [5, 5.41) is 5.90. The second-order valence-corrected chi connectivity index (χ2v) is 6.11. The van der Waals surface area contributed by atoms with E-state index in [1.165, 1.54) is 19.3 Å². The van der Waals surface area contributed by atoms with Gasteiger partial charge in [-0.2, -0.15) is 0 Å². The summed E-state index contributed by atoms with van der Waals surface area (Å²) in [5.41, 5.74) is 0. The van der Waals surface area contributed by atoms with Crippen LogP contribution in [0, 0.1) is 0 Å². The Labute approximate surface area is 114 Å². The molecule has 2 N–H and O–H groups in total. The van der Waals surface area contributed by atoms with Crippen LogP contribution >= 0.6 is 0 Å². The highest BCUT2D eigenvalue weighted by Crippen LogP contribution is 2.36. The molecule has 106 valence electrons. The van der Waals surface area contributed by atoms with Crippen LogP contribution in [0.2, 0.25) is 0 Å². The maximum Gasteiger partial charge on any atom is 0.243 e. The Morgan fingerprint density at radius 2 is 1.84 bits per heavy atom. The first kappa shape index (κ1) is 13.1. The molecule has 0 aromatic heterocycles. The molecule has 0 radical (unpaired) electrons. The van der Waals surface area contributed by atoms with Gasteiger partial charge in [-0.3, -0.25) is 19.8 Å². The topological polar surface area (TPSA) is 61.4 Å². The van der Waals surface area contributed by atoms with Crippen LogP contribution in [0.3, 0.4) is 0 Å². The van der Waals surface area contributed by atoms with Crippen molar-refractivity contribution in [2.75, 3.05) is 7.05 Å². The van der Waals surface area contributed by atoms with Gasteiger partial charge in [0, 0.05) is 24.5 Å². The molecule has 5 heteroatoms. The Bertz CT molecular complexity index is 371. The van der Waals surface area contributed by atoms with Crippen LogP contribution in [0.1, 0.15) is 44.9 Å². The molecule has 0 aromatic carbocycles. The molecule has 19 heavy (non-hydrogen) atoms. The van der Waals surface area contributed by atoms with Gasteiger partial charge in [-0.1, -0.05) is 6.42 Å². The fourth-order valence-corrected chi connectivity index (χ4v) is 4.13. The average molecular weight is 265 g/mol. The highest BCUT2D eigenvalue weighted by molar-refractivity contribution is 6.00. The number of rotatable bonds is 2. The predicted molar refractivity (Wildman–Crippen MR) is 71.5 cm³/mol. The van der Waals surface area contributed by atoms with Gasteiger partial charge >= 0.3 is 0 Å². The quantitative estimate of drug-likeness (QED) is 0.709. The number of carbonyl (C=O) groups excluding carboxylic acids is 2. The second-order valence-electron chi connectivity index (χ2n) is 6.11. The minimum atomic E-state index is -0.114. The zero-order valence-electron chi connectivity index (χ0n) is 11.5. The monoisotopic (exact) mass is 265 g/mol. The first-order valence-corrected chi connectivity index (χ1v) is 7.47. The summed E-state index contributed by atoms with van der Waals surface area (Å²) in [6.07, 6.45) is 7.09. The number of hydrogen-bond donors (Lipinski definition) is 2. The zero-order valence-corrected chi connectivity index (χ0v) is 11.5. The predicted octanol–water partition coefficient (Wildman–Crippen LogP) is 0.397. The summed E-state index contributed by atoms with van der Waals surface area (Å²) < 4.78 is 0. The Kier molecular flexibility index (Phi) is 3.58. The number of nitrogens with zero attached hydrogens (tertiary/aromatic N) is 1. The molecule has 3 rings (SSSR count). The molecule has 3 unspecified atom stereocenters. The summed E-state index contributed by atoms with van der Waals surface area (Å²) in [5.74, 6) is -0.187. The van der Waals surface area contributed by atoms with Gasteiger partial charge in [0.25, 0.3) is 0 Å². The Morgan fingerprint density at radius 3 is 2.42 bits per heavy atom. The van der Waals surface area contributed by atoms with Crippen molar-refractivity contribution in [2.24, 2.45) is 0 Å². The number of fused-ring (bicyclic) bond motifs is 2. The number of carbonyl (C=O) groups is 2. The molecule has 0 aliphatic carbocycles. The molecule has 3 saturated heterocycles. The third-order valence-corrected chi connectivity index (χ3v) is 5.01. The van der Waals surface area contributed by atoms with Crippen LogP contribution in [0.15, 0.2) is 0 Å². The van der Waals surface area contributed by atoms with E-state index >= 15 is 0 Å². The van der Waals surface area contributed by atoms with Crippen molar-refractivity contribution >= 4 is 11.8 Å². The SMILES string of the molecule is CNC1CC2CCCC(C1)N2C1CCC(=O)NC1=O. The molecule has 0 saturated carbocycles. The minimum Gasteiger partial charge on any atom is -0.317 e. The fraction of sp³-hybridized carbons (Fsp3) is 0.857. The number of piperidine rings is 3. The Morgan fingerprint density at radius 1 is 1.16 bits per heavy atom. The summed E-state index contributed by atoms with van der Waals surface area (Å²) >= 11 is 0. The van der Waals surface area contributed by atoms with E-state index in [1.54, 1.807) is 0 Å². The van der Waals surface area contributed by atoms with Crippen molar-refractivity contribution in [2.45, 2.75) is 69.1 Å². The Hall–Kier alpha value is -0.940. The number of nitrogens with one attached hydrogen (secondary N) is 2. The Balaban J connectivity index is 1.76. The molecule has 3 aliphatic heterocycles. The largest absolute Gasteiger partial charge is 0.317 e. The first-order valence-electron chi connectivity index (χ1n) is 7.47. The third kappa shape index (κ3) is 2.41. The van der Waals surface area contributed by atoms with Crippen molar-refractivity contribution in [1.82, 2.24) is 15.5 Å². The summed E-state index contributed by atoms with van der Waals surface area (Å²) in [7, 11) is 2.03. The molecule has 2 amide bonds. The van der Waals surface area contributed by atoms with Gasteiger partial charge < -0.3 is 5.32 Å². The molecular weight excluding hydrogens is 242 g/mol. The number of imide groups is 1. The molecule has 3 heterocycles. The molecule has 3 atom stereocenters. The van der Waals surface area contributed by atoms with Gasteiger partial charge in [-0.05, 0) is 39.2 Å². The number of amides is 2. The third-order valence-electron chi connectivity index (χ3n) is 5.01. The zero-order chi connectivity index (χ0) is 13.4. The summed E-state index contributed by atoms with van der Waals surface area (Å²) in [6.45, 7) is 0. The molecule has 3 aliphatic rings. The first-order chi connectivity index (χ1) is 9.19. The van der Waals surface area contributed by atoms with Crippen molar-refractivity contribution < 1.29 is 9.59 Å². The maximum atomic E-state index is 12.1. The fourth-order valence-electron chi connectivity index (χ4n) is 4.13. The van der Waals surface area contributed by atoms with Gasteiger partial charge in [-0.15, -0.1) is 0 Å². The van der Waals surface area contributed by atoms with E-state index in [1.807, 2.05) is 7.05 Å². The molecule has 5 nitrogen and oxygen atoms in total. The molecule has 2 bridgehead atoms. The van der Waals surface area contributed by atoms with Crippen LogP contribution in [0.5, 0.6) is 0 Å². The molecular formula is C14H23N3O2. The van der Waals surface area contributed by atoms with Crippen LogP contribution in [0.25, 0.3) is 0 Å². The van der Waals surface area contributed by atoms with E-state index < -0.39 is 0 Å². The van der Waals surface area contributed by atoms with Crippen LogP contribution in [-0.2, 0) is 9.59 Å². The lowest BCUT2D eigenvalue weighted by molar-refractivity contribution is -0.141. The van der Waals surface area contributed by atoms with E-state index in [4.69, 9.17) is 0 Å². The maximum absolute atomic E-state index is 12.1. The van der Waals surface area contributed by atoms with E-state index in [0.29, 0.717) is 31.0 Å². The summed E-state index contributed by atoms with van der Waals surface area (Å²) in [6, 6.07) is 1.52. The summed E-state index contributed by atoms with van der Waals surface area (Å²) in [4.78, 5) is 25.8. The van der Waals surface area contributed by atoms with Crippen molar-refractivity contribution in [3.05, 3.63) is 0 Å². The molecule has 3 fully saturated rings. The van der Waals surface area contributed by atoms with E-state index in [-0.39, 0.29) is 17.9 Å². The lowest BCUT2D eigenvalue weighted by atomic mass is 9.79. The molecule has 0 aromatic rings. The lowest BCUT2D eigenvalue weighted by Gasteiger charge is -2.52. The van der Waals surface area contributed by atoms with Gasteiger partial charge in [0.2, 0.25) is 11.8 Å². The standard InChI is InChI=1S/C14H23N3O2/c1-15-9-7-10-3-2-4-11(8-9)17(10)12-5-6-13(18)16-14(12)19/h9-12,15H,2-8H2,1H3,(H,16,18,19). The van der Waals surface area contributed by atoms with Gasteiger partial charge in [-0.25, -0.2) is 0 Å². The van der Waals surface area contributed by atoms with Crippen molar-refractivity contribution in [1.29, 1.82) is 0 Å². The number of hydrogen-bond acceptors (Lipinski definition) is 4. The van der Waals surface area contributed by atoms with E-state index in [2.05, 4.69) is 15.5 Å². The lowest BCUT2D eigenvalue weighted by Crippen LogP contribution is -2.64. The van der Waals surface area contributed by atoms with Crippen molar-refractivity contribution in [3.63, 3.8) is 0 Å². The van der Waals surface area contributed by atoms with E-state index in [9.17, 15) is 9.59 Å². The highest BCUT2D eigenvalue weighted by Gasteiger charge is 2.44. The van der Waals surface area contributed by atoms with Gasteiger partial charge in [0.1, 0.15) is 0 Å². The second kappa shape index (κ2) is 5.21. The normalized spacial score (nSPS) is 40.1. The van der Waals surface area contributed by atoms with Crippen LogP contribution in [0.4, 0.5) is 0 Å². The van der Waals surface area contributed by atoms with Gasteiger partial charge in [0.15, 0.2) is 0 Å². The van der Waals surface area contributed by atoms with E-state index in [0.717, 1.165) is 12.8 Å².